The first-order valence-electron chi connectivity index (χ1n) is 4.38. The number of ether oxygens (including phenoxy) is 1. The molecule has 0 atom stereocenters. The normalized spacial score (nSPS) is 9.43. The van der Waals surface area contributed by atoms with Gasteiger partial charge in [-0.15, -0.1) is 0 Å². The van der Waals surface area contributed by atoms with Gasteiger partial charge in [-0.25, -0.2) is 0 Å². The Morgan fingerprint density at radius 2 is 1.79 bits per heavy atom. The molecule has 0 unspecified atom stereocenters. The Morgan fingerprint density at radius 3 is 2.14 bits per heavy atom. The van der Waals surface area contributed by atoms with Crippen LogP contribution in [0.3, 0.4) is 0 Å². The van der Waals surface area contributed by atoms with Crippen LogP contribution in [0, 0.1) is 0 Å². The molecule has 1 rings (SSSR count). The largest absolute Gasteiger partial charge is 1.00 e. The second-order valence-corrected chi connectivity index (χ2v) is 3.32. The molecule has 0 aliphatic rings. The topological polar surface area (TPSA) is 26.3 Å². The van der Waals surface area contributed by atoms with E-state index in [1.54, 1.807) is 0 Å². The molecule has 1 aromatic rings. The molecular formula is C11H15NaO2. The summed E-state index contributed by atoms with van der Waals surface area (Å²) in [5.74, 6) is 0.834. The Hall–Kier alpha value is -0.310. The summed E-state index contributed by atoms with van der Waals surface area (Å²) in [6, 6.07) is 7.58. The van der Waals surface area contributed by atoms with Gasteiger partial charge >= 0.3 is 35.5 Å². The summed E-state index contributed by atoms with van der Waals surface area (Å²) < 4.78 is 4.91. The Labute approximate surface area is 108 Å². The Balaban J connectivity index is 0. The summed E-state index contributed by atoms with van der Waals surface area (Å²) in [7, 11) is 0. The quantitative estimate of drug-likeness (QED) is 0.379. The summed E-state index contributed by atoms with van der Waals surface area (Å²) in [5, 5.41) is 0. The minimum Gasteiger partial charge on any atom is -1.00 e. The molecule has 0 fully saturated rings. The maximum atomic E-state index is 10.6. The van der Waals surface area contributed by atoms with Crippen molar-refractivity contribution in [3.05, 3.63) is 29.8 Å². The Morgan fingerprint density at radius 1 is 1.29 bits per heavy atom. The molecule has 0 aliphatic heterocycles. The molecule has 3 heteroatoms. The van der Waals surface area contributed by atoms with Crippen molar-refractivity contribution in [2.45, 2.75) is 26.7 Å². The number of esters is 1. The van der Waals surface area contributed by atoms with Crippen molar-refractivity contribution in [2.24, 2.45) is 0 Å². The molecule has 14 heavy (non-hydrogen) atoms. The van der Waals surface area contributed by atoms with Crippen LogP contribution in [0.1, 0.15) is 33.7 Å². The molecular weight excluding hydrogens is 187 g/mol. The summed E-state index contributed by atoms with van der Waals surface area (Å²) in [5.41, 5.74) is 1.25. The zero-order valence-corrected chi connectivity index (χ0v) is 11.2. The molecule has 0 aliphatic carbocycles. The van der Waals surface area contributed by atoms with Crippen LogP contribution in [0.15, 0.2) is 24.3 Å². The van der Waals surface area contributed by atoms with Crippen LogP contribution in [0.4, 0.5) is 0 Å². The monoisotopic (exact) mass is 202 g/mol. The van der Waals surface area contributed by atoms with E-state index in [4.69, 9.17) is 4.74 Å². The molecule has 0 amide bonds. The van der Waals surface area contributed by atoms with Crippen molar-refractivity contribution in [3.63, 3.8) is 0 Å². The zero-order valence-electron chi connectivity index (χ0n) is 10.2. The van der Waals surface area contributed by atoms with Crippen molar-refractivity contribution >= 4 is 5.97 Å². The predicted molar refractivity (Wildman–Crippen MR) is 53.0 cm³/mol. The number of hydrogen-bond acceptors (Lipinski definition) is 2. The second kappa shape index (κ2) is 6.23. The number of rotatable bonds is 2. The SMILES string of the molecule is CC(=O)Oc1ccc(C(C)C)cc1.[H-].[Na+]. The van der Waals surface area contributed by atoms with Gasteiger partial charge < -0.3 is 6.16 Å². The molecule has 0 N–H and O–H groups in total. The molecule has 0 radical (unpaired) electrons. The van der Waals surface area contributed by atoms with E-state index in [0.717, 1.165) is 0 Å². The van der Waals surface area contributed by atoms with Crippen LogP contribution in [-0.2, 0) is 4.79 Å². The van der Waals surface area contributed by atoms with Crippen LogP contribution in [-0.4, -0.2) is 5.97 Å². The van der Waals surface area contributed by atoms with Gasteiger partial charge in [0.05, 0.1) is 0 Å². The van der Waals surface area contributed by atoms with E-state index in [1.165, 1.54) is 12.5 Å². The van der Waals surface area contributed by atoms with E-state index in [0.29, 0.717) is 11.7 Å². The van der Waals surface area contributed by atoms with E-state index < -0.39 is 0 Å². The average Bonchev–Trinajstić information content (AvgIpc) is 2.04. The third-order valence-corrected chi connectivity index (χ3v) is 1.81. The smallest absolute Gasteiger partial charge is 1.00 e. The van der Waals surface area contributed by atoms with Crippen LogP contribution < -0.4 is 34.3 Å². The fourth-order valence-corrected chi connectivity index (χ4v) is 1.09. The maximum Gasteiger partial charge on any atom is 1.00 e. The average molecular weight is 202 g/mol. The van der Waals surface area contributed by atoms with E-state index in [9.17, 15) is 4.79 Å². The first-order chi connectivity index (χ1) is 6.09. The third-order valence-electron chi connectivity index (χ3n) is 1.81. The minimum atomic E-state index is -0.280. The van der Waals surface area contributed by atoms with E-state index in [2.05, 4.69) is 13.8 Å². The molecule has 0 saturated heterocycles. The van der Waals surface area contributed by atoms with Crippen LogP contribution in [0.25, 0.3) is 0 Å². The molecule has 0 spiro atoms. The molecule has 0 bridgehead atoms. The number of benzene rings is 1. The van der Waals surface area contributed by atoms with Crippen molar-refractivity contribution in [1.29, 1.82) is 0 Å². The molecule has 0 heterocycles. The van der Waals surface area contributed by atoms with E-state index in [-0.39, 0.29) is 37.0 Å². The van der Waals surface area contributed by atoms with Crippen molar-refractivity contribution in [1.82, 2.24) is 0 Å². The first-order valence-corrected chi connectivity index (χ1v) is 4.38. The summed E-state index contributed by atoms with van der Waals surface area (Å²) in [4.78, 5) is 10.6. The minimum absolute atomic E-state index is 0. The van der Waals surface area contributed by atoms with Gasteiger partial charge in [-0.1, -0.05) is 26.0 Å². The van der Waals surface area contributed by atoms with Crippen molar-refractivity contribution < 1.29 is 40.5 Å². The zero-order chi connectivity index (χ0) is 9.84. The summed E-state index contributed by atoms with van der Waals surface area (Å²) >= 11 is 0. The standard InChI is InChI=1S/C11H14O2.Na.H/c1-8(2)10-4-6-11(7-5-10)13-9(3)12;;/h4-8H,1-3H3;;/q;+1;-1. The Bertz CT molecular complexity index is 296. The van der Waals surface area contributed by atoms with Crippen LogP contribution in [0.5, 0.6) is 5.75 Å². The second-order valence-electron chi connectivity index (χ2n) is 3.32. The Kier molecular flexibility index (Phi) is 6.09. The van der Waals surface area contributed by atoms with Gasteiger partial charge in [0, 0.05) is 6.92 Å². The van der Waals surface area contributed by atoms with Gasteiger partial charge in [0.2, 0.25) is 0 Å². The third kappa shape index (κ3) is 4.27. The number of carbonyl (C=O) groups excluding carboxylic acids is 1. The fourth-order valence-electron chi connectivity index (χ4n) is 1.09. The van der Waals surface area contributed by atoms with E-state index >= 15 is 0 Å². The molecule has 72 valence electrons. The summed E-state index contributed by atoms with van der Waals surface area (Å²) in [6.45, 7) is 5.65. The van der Waals surface area contributed by atoms with E-state index in [1.807, 2.05) is 24.3 Å². The number of hydrogen-bond donors (Lipinski definition) is 0. The van der Waals surface area contributed by atoms with Gasteiger partial charge in [-0.2, -0.15) is 0 Å². The number of carbonyl (C=O) groups is 1. The van der Waals surface area contributed by atoms with Crippen LogP contribution in [0.2, 0.25) is 0 Å². The van der Waals surface area contributed by atoms with Gasteiger partial charge in [0.15, 0.2) is 0 Å². The molecule has 2 nitrogen and oxygen atoms in total. The van der Waals surface area contributed by atoms with Crippen molar-refractivity contribution in [3.8, 4) is 5.75 Å². The van der Waals surface area contributed by atoms with Gasteiger partial charge in [-0.05, 0) is 23.6 Å². The van der Waals surface area contributed by atoms with Crippen molar-refractivity contribution in [2.75, 3.05) is 0 Å². The molecule has 0 saturated carbocycles. The molecule has 0 aromatic heterocycles. The molecule has 1 aromatic carbocycles. The maximum absolute atomic E-state index is 10.6. The van der Waals surface area contributed by atoms with Gasteiger partial charge in [-0.3, -0.25) is 4.79 Å². The van der Waals surface area contributed by atoms with Crippen LogP contribution >= 0.6 is 0 Å². The first kappa shape index (κ1) is 13.7. The van der Waals surface area contributed by atoms with Gasteiger partial charge in [0.25, 0.3) is 0 Å². The van der Waals surface area contributed by atoms with Gasteiger partial charge in [0.1, 0.15) is 5.75 Å². The predicted octanol–water partition coefficient (Wildman–Crippen LogP) is -0.148. The summed E-state index contributed by atoms with van der Waals surface area (Å²) in [6.07, 6.45) is 0. The fraction of sp³-hybridized carbons (Fsp3) is 0.364.